The number of fused-ring (bicyclic) bond motifs is 1. The standard InChI is InChI=1S/C21H22O4/c1-5-23-18-11-15(7-8-16(18)22)17-12-19(24-6-2)21-14(4)9-13(3)10-20(21)25-17/h7-12H,5-6H2,1-4H3/p+1. The molecule has 0 fully saturated rings. The summed E-state index contributed by atoms with van der Waals surface area (Å²) in [6.45, 7) is 9.00. The van der Waals surface area contributed by atoms with Crippen molar-refractivity contribution in [3.8, 4) is 28.6 Å². The average molecular weight is 339 g/mol. The van der Waals surface area contributed by atoms with E-state index in [9.17, 15) is 5.11 Å². The Hall–Kier alpha value is -2.75. The van der Waals surface area contributed by atoms with Crippen LogP contribution in [0.3, 0.4) is 0 Å². The molecule has 0 spiro atoms. The van der Waals surface area contributed by atoms with Gasteiger partial charge in [-0.25, -0.2) is 4.42 Å². The fraction of sp³-hybridized carbons (Fsp3) is 0.286. The number of phenols is 1. The van der Waals surface area contributed by atoms with Crippen LogP contribution in [-0.2, 0) is 0 Å². The summed E-state index contributed by atoms with van der Waals surface area (Å²) in [6, 6.07) is 11.2. The SMILES string of the molecule is CCOc1cc(-c2cc(OCC)c3c(C)cc(C)cc3[o+]2)ccc1O. The van der Waals surface area contributed by atoms with Crippen LogP contribution in [0.5, 0.6) is 17.2 Å². The first kappa shape index (κ1) is 17.1. The van der Waals surface area contributed by atoms with Crippen LogP contribution in [0.1, 0.15) is 25.0 Å². The van der Waals surface area contributed by atoms with Crippen molar-refractivity contribution in [1.29, 1.82) is 0 Å². The van der Waals surface area contributed by atoms with Gasteiger partial charge in [-0.05, 0) is 51.0 Å². The van der Waals surface area contributed by atoms with Gasteiger partial charge in [0.05, 0.1) is 24.8 Å². The molecule has 25 heavy (non-hydrogen) atoms. The summed E-state index contributed by atoms with van der Waals surface area (Å²) in [5.74, 6) is 2.01. The summed E-state index contributed by atoms with van der Waals surface area (Å²) < 4.78 is 17.5. The number of rotatable bonds is 5. The van der Waals surface area contributed by atoms with Gasteiger partial charge in [0.25, 0.3) is 0 Å². The van der Waals surface area contributed by atoms with Crippen LogP contribution in [0, 0.1) is 13.8 Å². The molecular weight excluding hydrogens is 316 g/mol. The van der Waals surface area contributed by atoms with Crippen molar-refractivity contribution in [2.24, 2.45) is 0 Å². The lowest BCUT2D eigenvalue weighted by Gasteiger charge is -2.08. The van der Waals surface area contributed by atoms with Crippen molar-refractivity contribution in [2.75, 3.05) is 13.2 Å². The minimum Gasteiger partial charge on any atom is -0.504 e. The fourth-order valence-corrected chi connectivity index (χ4v) is 3.01. The Morgan fingerprint density at radius 2 is 1.64 bits per heavy atom. The Morgan fingerprint density at radius 1 is 0.920 bits per heavy atom. The highest BCUT2D eigenvalue weighted by Crippen LogP contribution is 2.38. The van der Waals surface area contributed by atoms with Gasteiger partial charge in [-0.1, -0.05) is 6.07 Å². The maximum atomic E-state index is 9.92. The monoisotopic (exact) mass is 339 g/mol. The molecule has 130 valence electrons. The van der Waals surface area contributed by atoms with Gasteiger partial charge in [-0.15, -0.1) is 0 Å². The Balaban J connectivity index is 2.21. The number of ether oxygens (including phenoxy) is 2. The van der Waals surface area contributed by atoms with Crippen LogP contribution in [0.2, 0.25) is 0 Å². The number of benzene rings is 2. The first-order valence-electron chi connectivity index (χ1n) is 8.50. The minimum absolute atomic E-state index is 0.114. The van der Waals surface area contributed by atoms with E-state index in [0.29, 0.717) is 24.7 Å². The first-order valence-corrected chi connectivity index (χ1v) is 8.50. The number of phenolic OH excluding ortho intramolecular Hbond substituents is 1. The van der Waals surface area contributed by atoms with Crippen LogP contribution in [-0.4, -0.2) is 18.3 Å². The Kier molecular flexibility index (Phi) is 4.79. The molecule has 1 heterocycles. The zero-order valence-corrected chi connectivity index (χ0v) is 15.1. The van der Waals surface area contributed by atoms with Gasteiger partial charge >= 0.3 is 11.3 Å². The predicted molar refractivity (Wildman–Crippen MR) is 99.5 cm³/mol. The molecule has 0 bridgehead atoms. The molecule has 0 saturated carbocycles. The van der Waals surface area contributed by atoms with Gasteiger partial charge in [-0.3, -0.25) is 0 Å². The molecule has 4 heteroatoms. The van der Waals surface area contributed by atoms with E-state index >= 15 is 0 Å². The molecule has 0 aliphatic rings. The van der Waals surface area contributed by atoms with Crippen molar-refractivity contribution < 1.29 is 19.0 Å². The summed E-state index contributed by atoms with van der Waals surface area (Å²) in [5.41, 5.74) is 3.86. The number of hydrogen-bond acceptors (Lipinski definition) is 3. The second kappa shape index (κ2) is 7.01. The van der Waals surface area contributed by atoms with E-state index in [1.807, 2.05) is 32.9 Å². The normalized spacial score (nSPS) is 10.9. The summed E-state index contributed by atoms with van der Waals surface area (Å²) in [6.07, 6.45) is 0. The molecule has 0 saturated heterocycles. The smallest absolute Gasteiger partial charge is 0.365 e. The van der Waals surface area contributed by atoms with Crippen LogP contribution in [0.4, 0.5) is 0 Å². The summed E-state index contributed by atoms with van der Waals surface area (Å²) in [7, 11) is 0. The molecule has 3 aromatic rings. The molecule has 4 nitrogen and oxygen atoms in total. The molecule has 3 rings (SSSR count). The highest BCUT2D eigenvalue weighted by molar-refractivity contribution is 5.89. The van der Waals surface area contributed by atoms with Crippen LogP contribution in [0.25, 0.3) is 22.3 Å². The topological polar surface area (TPSA) is 50.0 Å². The van der Waals surface area contributed by atoms with E-state index in [1.54, 1.807) is 18.2 Å². The lowest BCUT2D eigenvalue weighted by Crippen LogP contribution is -1.96. The second-order valence-corrected chi connectivity index (χ2v) is 5.98. The summed E-state index contributed by atoms with van der Waals surface area (Å²) in [4.78, 5) is 0. The third kappa shape index (κ3) is 3.38. The molecule has 0 aliphatic carbocycles. The third-order valence-electron chi connectivity index (χ3n) is 4.02. The van der Waals surface area contributed by atoms with Gasteiger partial charge < -0.3 is 14.6 Å². The van der Waals surface area contributed by atoms with E-state index in [-0.39, 0.29) is 5.75 Å². The van der Waals surface area contributed by atoms with Crippen molar-refractivity contribution in [2.45, 2.75) is 27.7 Å². The van der Waals surface area contributed by atoms with E-state index in [0.717, 1.165) is 33.4 Å². The number of aromatic hydroxyl groups is 1. The molecule has 1 aromatic heterocycles. The maximum absolute atomic E-state index is 9.92. The van der Waals surface area contributed by atoms with Crippen molar-refractivity contribution in [3.05, 3.63) is 47.5 Å². The lowest BCUT2D eigenvalue weighted by atomic mass is 10.0. The summed E-state index contributed by atoms with van der Waals surface area (Å²) >= 11 is 0. The molecule has 1 N–H and O–H groups in total. The lowest BCUT2D eigenvalue weighted by molar-refractivity contribution is 0.318. The van der Waals surface area contributed by atoms with Gasteiger partial charge in [-0.2, -0.15) is 0 Å². The van der Waals surface area contributed by atoms with Crippen LogP contribution < -0.4 is 9.47 Å². The second-order valence-electron chi connectivity index (χ2n) is 5.98. The Bertz CT molecular complexity index is 915. The van der Waals surface area contributed by atoms with Gasteiger partial charge in [0.2, 0.25) is 0 Å². The Labute approximate surface area is 147 Å². The summed E-state index contributed by atoms with van der Waals surface area (Å²) in [5, 5.41) is 10.9. The van der Waals surface area contributed by atoms with Crippen LogP contribution in [0.15, 0.2) is 40.8 Å². The quantitative estimate of drug-likeness (QED) is 0.624. The highest BCUT2D eigenvalue weighted by Gasteiger charge is 2.23. The minimum atomic E-state index is 0.114. The average Bonchev–Trinajstić information content (AvgIpc) is 2.56. The van der Waals surface area contributed by atoms with E-state index in [4.69, 9.17) is 13.9 Å². The number of aryl methyl sites for hydroxylation is 2. The van der Waals surface area contributed by atoms with Gasteiger partial charge in [0.15, 0.2) is 11.5 Å². The maximum Gasteiger partial charge on any atom is 0.365 e. The van der Waals surface area contributed by atoms with Gasteiger partial charge in [0, 0.05) is 12.1 Å². The first-order chi connectivity index (χ1) is 12.0. The number of hydrogen-bond donors (Lipinski definition) is 1. The molecule has 2 aromatic carbocycles. The zero-order chi connectivity index (χ0) is 18.0. The molecule has 0 unspecified atom stereocenters. The largest absolute Gasteiger partial charge is 0.504 e. The molecule has 0 amide bonds. The zero-order valence-electron chi connectivity index (χ0n) is 15.1. The van der Waals surface area contributed by atoms with Crippen molar-refractivity contribution in [3.63, 3.8) is 0 Å². The van der Waals surface area contributed by atoms with Crippen molar-refractivity contribution in [1.82, 2.24) is 0 Å². The van der Waals surface area contributed by atoms with Crippen molar-refractivity contribution >= 4 is 11.0 Å². The molecule has 0 atom stereocenters. The predicted octanol–water partition coefficient (Wildman–Crippen LogP) is 5.50. The Morgan fingerprint density at radius 3 is 2.36 bits per heavy atom. The molecule has 0 radical (unpaired) electrons. The van der Waals surface area contributed by atoms with E-state index < -0.39 is 0 Å². The molecule has 0 aliphatic heterocycles. The highest BCUT2D eigenvalue weighted by atomic mass is 16.5. The van der Waals surface area contributed by atoms with E-state index in [1.165, 1.54) is 0 Å². The van der Waals surface area contributed by atoms with E-state index in [2.05, 4.69) is 13.0 Å². The molecular formula is C21H23O4+. The van der Waals surface area contributed by atoms with Crippen LogP contribution >= 0.6 is 0 Å². The fourth-order valence-electron chi connectivity index (χ4n) is 3.01. The third-order valence-corrected chi connectivity index (χ3v) is 4.02. The van der Waals surface area contributed by atoms with Gasteiger partial charge in [0.1, 0.15) is 11.1 Å².